The maximum Gasteiger partial charge on any atom is 0.113 e. The summed E-state index contributed by atoms with van der Waals surface area (Å²) in [6.45, 7) is 0. The van der Waals surface area contributed by atoms with Crippen LogP contribution < -0.4 is 5.32 Å². The Labute approximate surface area is 96.2 Å². The Morgan fingerprint density at radius 1 is 1.31 bits per heavy atom. The van der Waals surface area contributed by atoms with Gasteiger partial charge in [0.05, 0.1) is 5.69 Å². The summed E-state index contributed by atoms with van der Waals surface area (Å²) in [5, 5.41) is 3.64. The molecule has 86 valence electrons. The van der Waals surface area contributed by atoms with Gasteiger partial charge in [0.15, 0.2) is 0 Å². The Kier molecular flexibility index (Phi) is 2.45. The van der Waals surface area contributed by atoms with Crippen molar-refractivity contribution >= 4 is 0 Å². The van der Waals surface area contributed by atoms with Gasteiger partial charge in [-0.2, -0.15) is 0 Å². The minimum atomic E-state index is -0.154. The van der Waals surface area contributed by atoms with Crippen LogP contribution in [0.5, 0.6) is 0 Å². The molecule has 2 fully saturated rings. The van der Waals surface area contributed by atoms with E-state index in [0.29, 0.717) is 12.1 Å². The van der Waals surface area contributed by atoms with Crippen molar-refractivity contribution in [3.63, 3.8) is 0 Å². The van der Waals surface area contributed by atoms with Gasteiger partial charge >= 0.3 is 0 Å². The Balaban J connectivity index is 1.95. The van der Waals surface area contributed by atoms with Crippen LogP contribution in [0.25, 0.3) is 0 Å². The molecule has 3 heterocycles. The third-order valence-electron chi connectivity index (χ3n) is 4.01. The van der Waals surface area contributed by atoms with E-state index in [0.717, 1.165) is 18.5 Å². The number of methoxy groups -OCH3 is 1. The molecule has 1 N–H and O–H groups in total. The third kappa shape index (κ3) is 1.55. The number of aromatic nitrogens is 1. The van der Waals surface area contributed by atoms with Crippen LogP contribution in [0.1, 0.15) is 31.4 Å². The number of rotatable bonds is 2. The van der Waals surface area contributed by atoms with Crippen LogP contribution in [0.3, 0.4) is 0 Å². The van der Waals surface area contributed by atoms with Gasteiger partial charge in [0.2, 0.25) is 0 Å². The van der Waals surface area contributed by atoms with E-state index in [-0.39, 0.29) is 5.60 Å². The molecule has 3 rings (SSSR count). The first-order valence-electron chi connectivity index (χ1n) is 6.05. The van der Waals surface area contributed by atoms with Gasteiger partial charge in [0, 0.05) is 25.4 Å². The second kappa shape index (κ2) is 3.82. The van der Waals surface area contributed by atoms with E-state index in [1.54, 1.807) is 0 Å². The lowest BCUT2D eigenvalue weighted by Crippen LogP contribution is -2.48. The number of nitrogens with one attached hydrogen (secondary N) is 1. The average molecular weight is 218 g/mol. The van der Waals surface area contributed by atoms with Crippen molar-refractivity contribution in [2.75, 3.05) is 7.11 Å². The van der Waals surface area contributed by atoms with E-state index in [9.17, 15) is 0 Å². The van der Waals surface area contributed by atoms with Gasteiger partial charge in [-0.15, -0.1) is 0 Å². The summed E-state index contributed by atoms with van der Waals surface area (Å²) < 4.78 is 5.84. The molecule has 1 aromatic heterocycles. The summed E-state index contributed by atoms with van der Waals surface area (Å²) in [6, 6.07) is 7.32. The molecule has 2 saturated heterocycles. The number of nitrogens with zero attached hydrogens (tertiary/aromatic N) is 1. The number of ether oxygens (including phenoxy) is 1. The van der Waals surface area contributed by atoms with Crippen LogP contribution >= 0.6 is 0 Å². The Morgan fingerprint density at radius 3 is 2.62 bits per heavy atom. The smallest absolute Gasteiger partial charge is 0.113 e. The molecule has 16 heavy (non-hydrogen) atoms. The molecule has 0 saturated carbocycles. The van der Waals surface area contributed by atoms with Crippen LogP contribution in [0, 0.1) is 0 Å². The summed E-state index contributed by atoms with van der Waals surface area (Å²) in [5.41, 5.74) is 0.939. The van der Waals surface area contributed by atoms with Crippen molar-refractivity contribution in [2.24, 2.45) is 0 Å². The maximum absolute atomic E-state index is 5.84. The lowest BCUT2D eigenvalue weighted by molar-refractivity contribution is -0.0559. The monoisotopic (exact) mass is 218 g/mol. The number of pyridine rings is 1. The summed E-state index contributed by atoms with van der Waals surface area (Å²) in [7, 11) is 1.82. The summed E-state index contributed by atoms with van der Waals surface area (Å²) >= 11 is 0. The van der Waals surface area contributed by atoms with Crippen LogP contribution in [0.4, 0.5) is 0 Å². The van der Waals surface area contributed by atoms with Crippen LogP contribution in [0.2, 0.25) is 0 Å². The normalized spacial score (nSPS) is 37.6. The molecule has 0 amide bonds. The molecule has 0 aromatic carbocycles. The molecule has 2 unspecified atom stereocenters. The summed E-state index contributed by atoms with van der Waals surface area (Å²) in [6.07, 6.45) is 6.53. The van der Waals surface area contributed by atoms with Gasteiger partial charge < -0.3 is 10.1 Å². The highest BCUT2D eigenvalue weighted by molar-refractivity contribution is 5.17. The highest BCUT2D eigenvalue weighted by atomic mass is 16.5. The predicted molar refractivity (Wildman–Crippen MR) is 62.1 cm³/mol. The van der Waals surface area contributed by atoms with E-state index in [1.165, 1.54) is 12.8 Å². The van der Waals surface area contributed by atoms with Gasteiger partial charge in [-0.1, -0.05) is 6.07 Å². The summed E-state index contributed by atoms with van der Waals surface area (Å²) in [5.74, 6) is 0. The molecular weight excluding hydrogens is 200 g/mol. The third-order valence-corrected chi connectivity index (χ3v) is 4.01. The van der Waals surface area contributed by atoms with Crippen molar-refractivity contribution in [2.45, 2.75) is 43.4 Å². The molecule has 3 heteroatoms. The van der Waals surface area contributed by atoms with Gasteiger partial charge in [-0.25, -0.2) is 0 Å². The first-order chi connectivity index (χ1) is 7.82. The fourth-order valence-corrected chi connectivity index (χ4v) is 3.22. The lowest BCUT2D eigenvalue weighted by Gasteiger charge is -2.39. The largest absolute Gasteiger partial charge is 0.372 e. The fourth-order valence-electron chi connectivity index (χ4n) is 3.22. The standard InChI is InChI=1S/C13H18N2O/c1-16-13(12-4-2-3-7-14-12)8-10-5-6-11(9-13)15-10/h2-4,7,10-11,15H,5-6,8-9H2,1H3. The molecular formula is C13H18N2O. The Morgan fingerprint density at radius 2 is 2.06 bits per heavy atom. The number of hydrogen-bond acceptors (Lipinski definition) is 3. The zero-order chi connectivity index (χ0) is 11.0. The Bertz CT molecular complexity index is 353. The van der Waals surface area contributed by atoms with E-state index in [1.807, 2.05) is 25.4 Å². The van der Waals surface area contributed by atoms with Crippen molar-refractivity contribution in [1.29, 1.82) is 0 Å². The molecule has 0 spiro atoms. The van der Waals surface area contributed by atoms with E-state index in [4.69, 9.17) is 4.74 Å². The molecule has 2 atom stereocenters. The zero-order valence-electron chi connectivity index (χ0n) is 9.65. The SMILES string of the molecule is COC1(c2ccccn2)CC2CCC(C1)N2. The minimum absolute atomic E-state index is 0.154. The van der Waals surface area contributed by atoms with Crippen LogP contribution in [-0.2, 0) is 10.3 Å². The topological polar surface area (TPSA) is 34.1 Å². The quantitative estimate of drug-likeness (QED) is 0.822. The fraction of sp³-hybridized carbons (Fsp3) is 0.615. The summed E-state index contributed by atoms with van der Waals surface area (Å²) in [4.78, 5) is 4.49. The number of hydrogen-bond donors (Lipinski definition) is 1. The van der Waals surface area contributed by atoms with E-state index >= 15 is 0 Å². The van der Waals surface area contributed by atoms with Crippen molar-refractivity contribution in [3.8, 4) is 0 Å². The van der Waals surface area contributed by atoms with Crippen molar-refractivity contribution in [3.05, 3.63) is 30.1 Å². The maximum atomic E-state index is 5.84. The Hall–Kier alpha value is -0.930. The van der Waals surface area contributed by atoms with Gasteiger partial charge in [-0.05, 0) is 37.8 Å². The molecule has 2 aliphatic rings. The molecule has 2 aliphatic heterocycles. The second-order valence-corrected chi connectivity index (χ2v) is 4.96. The van der Waals surface area contributed by atoms with Crippen LogP contribution in [0.15, 0.2) is 24.4 Å². The first kappa shape index (κ1) is 10.2. The van der Waals surface area contributed by atoms with Gasteiger partial charge in [0.25, 0.3) is 0 Å². The average Bonchev–Trinajstić information content (AvgIpc) is 2.70. The first-order valence-corrected chi connectivity index (χ1v) is 6.05. The van der Waals surface area contributed by atoms with Crippen molar-refractivity contribution < 1.29 is 4.74 Å². The highest BCUT2D eigenvalue weighted by Gasteiger charge is 2.45. The van der Waals surface area contributed by atoms with Gasteiger partial charge in [0.1, 0.15) is 5.60 Å². The second-order valence-electron chi connectivity index (χ2n) is 4.96. The predicted octanol–water partition coefficient (Wildman–Crippen LogP) is 1.84. The minimum Gasteiger partial charge on any atom is -0.372 e. The van der Waals surface area contributed by atoms with Gasteiger partial charge in [-0.3, -0.25) is 4.98 Å². The molecule has 0 radical (unpaired) electrons. The molecule has 2 bridgehead atoms. The molecule has 3 nitrogen and oxygen atoms in total. The lowest BCUT2D eigenvalue weighted by atomic mass is 9.84. The molecule has 1 aromatic rings. The number of fused-ring (bicyclic) bond motifs is 2. The van der Waals surface area contributed by atoms with E-state index in [2.05, 4.69) is 16.4 Å². The highest BCUT2D eigenvalue weighted by Crippen LogP contribution is 2.42. The zero-order valence-corrected chi connectivity index (χ0v) is 9.65. The van der Waals surface area contributed by atoms with Crippen LogP contribution in [-0.4, -0.2) is 24.2 Å². The van der Waals surface area contributed by atoms with E-state index < -0.39 is 0 Å². The molecule has 0 aliphatic carbocycles. The van der Waals surface area contributed by atoms with Crippen molar-refractivity contribution in [1.82, 2.24) is 10.3 Å². The number of piperidine rings is 1.